The summed E-state index contributed by atoms with van der Waals surface area (Å²) in [5, 5.41) is 11.9. The van der Waals surface area contributed by atoms with E-state index >= 15 is 0 Å². The second-order valence-corrected chi connectivity index (χ2v) is 7.26. The largest absolute Gasteiger partial charge is 0.481 e. The molecular weight excluding hydrogens is 296 g/mol. The summed E-state index contributed by atoms with van der Waals surface area (Å²) in [5.74, 6) is -0.501. The number of nitrogens with zero attached hydrogens (tertiary/aromatic N) is 3. The molecule has 2 atom stereocenters. The number of hydrogen-bond donors (Lipinski definition) is 2. The zero-order chi connectivity index (χ0) is 17.2. The van der Waals surface area contributed by atoms with Crippen LogP contribution in [0, 0.1) is 11.8 Å². The third-order valence-electron chi connectivity index (χ3n) is 3.87. The minimum absolute atomic E-state index is 0.153. The Morgan fingerprint density at radius 3 is 2.39 bits per heavy atom. The number of carbonyl (C=O) groups excluding carboxylic acids is 1. The number of carboxylic acid groups (broad SMARTS) is 1. The number of urea groups is 1. The Labute approximate surface area is 136 Å². The highest BCUT2D eigenvalue weighted by Crippen LogP contribution is 2.23. The van der Waals surface area contributed by atoms with E-state index < -0.39 is 11.9 Å². The molecule has 2 N–H and O–H groups in total. The van der Waals surface area contributed by atoms with E-state index in [1.54, 1.807) is 17.3 Å². The van der Waals surface area contributed by atoms with Crippen molar-refractivity contribution in [2.24, 2.45) is 11.8 Å². The van der Waals surface area contributed by atoms with Crippen molar-refractivity contribution < 1.29 is 14.7 Å². The van der Waals surface area contributed by atoms with Crippen molar-refractivity contribution in [2.75, 3.05) is 18.4 Å². The van der Waals surface area contributed by atoms with Crippen LogP contribution in [0.2, 0.25) is 0 Å². The van der Waals surface area contributed by atoms with Crippen LogP contribution in [0.25, 0.3) is 0 Å². The fourth-order valence-corrected chi connectivity index (χ4v) is 2.68. The summed E-state index contributed by atoms with van der Waals surface area (Å²) < 4.78 is 0. The minimum Gasteiger partial charge on any atom is -0.481 e. The number of carboxylic acids is 1. The van der Waals surface area contributed by atoms with Gasteiger partial charge in [-0.2, -0.15) is 0 Å². The summed E-state index contributed by atoms with van der Waals surface area (Å²) >= 11 is 0. The van der Waals surface area contributed by atoms with E-state index in [1.165, 1.54) is 0 Å². The van der Waals surface area contributed by atoms with Crippen LogP contribution in [0.5, 0.6) is 0 Å². The van der Waals surface area contributed by atoms with Gasteiger partial charge in [-0.15, -0.1) is 0 Å². The summed E-state index contributed by atoms with van der Waals surface area (Å²) in [6.07, 6.45) is 3.75. The maximum Gasteiger partial charge on any atom is 0.321 e. The number of nitrogens with one attached hydrogen (secondary N) is 1. The smallest absolute Gasteiger partial charge is 0.321 e. The predicted octanol–water partition coefficient (Wildman–Crippen LogP) is 2.35. The molecule has 2 rings (SSSR count). The minimum atomic E-state index is -0.854. The van der Waals surface area contributed by atoms with Gasteiger partial charge in [0.2, 0.25) is 0 Å². The summed E-state index contributed by atoms with van der Waals surface area (Å²) in [6.45, 7) is 8.78. The molecule has 0 aliphatic carbocycles. The SMILES string of the molecule is CC1CC(C(=O)O)CN(C(=O)Nc2cnc(C(C)(C)C)nc2)C1. The maximum atomic E-state index is 12.3. The van der Waals surface area contributed by atoms with Gasteiger partial charge in [0.15, 0.2) is 0 Å². The van der Waals surface area contributed by atoms with Gasteiger partial charge in [0.1, 0.15) is 5.82 Å². The van der Waals surface area contributed by atoms with Gasteiger partial charge in [-0.3, -0.25) is 4.79 Å². The first kappa shape index (κ1) is 17.2. The van der Waals surface area contributed by atoms with E-state index in [2.05, 4.69) is 15.3 Å². The predicted molar refractivity (Wildman–Crippen MR) is 86.2 cm³/mol. The van der Waals surface area contributed by atoms with Gasteiger partial charge in [0.05, 0.1) is 24.0 Å². The monoisotopic (exact) mass is 320 g/mol. The highest BCUT2D eigenvalue weighted by Gasteiger charge is 2.32. The zero-order valence-corrected chi connectivity index (χ0v) is 14.0. The Hall–Kier alpha value is -2.18. The number of amides is 2. The standard InChI is InChI=1S/C16H24N4O3/c1-10-5-11(13(21)22)9-20(8-10)15(23)19-12-6-17-14(18-7-12)16(2,3)4/h6-7,10-11H,5,8-9H2,1-4H3,(H,19,23)(H,21,22). The Morgan fingerprint density at radius 1 is 1.26 bits per heavy atom. The van der Waals surface area contributed by atoms with Crippen LogP contribution < -0.4 is 5.32 Å². The number of likely N-dealkylation sites (tertiary alicyclic amines) is 1. The lowest BCUT2D eigenvalue weighted by Crippen LogP contribution is -2.47. The molecule has 23 heavy (non-hydrogen) atoms. The quantitative estimate of drug-likeness (QED) is 0.872. The van der Waals surface area contributed by atoms with Crippen LogP contribution in [0.1, 0.15) is 39.9 Å². The number of piperidine rings is 1. The molecular formula is C16H24N4O3. The summed E-state index contributed by atoms with van der Waals surface area (Å²) in [6, 6.07) is -0.310. The highest BCUT2D eigenvalue weighted by atomic mass is 16.4. The molecule has 0 spiro atoms. The number of rotatable bonds is 2. The average molecular weight is 320 g/mol. The Kier molecular flexibility index (Phi) is 4.87. The second kappa shape index (κ2) is 6.52. The van der Waals surface area contributed by atoms with E-state index in [0.717, 1.165) is 0 Å². The van der Waals surface area contributed by atoms with Crippen molar-refractivity contribution in [3.05, 3.63) is 18.2 Å². The zero-order valence-electron chi connectivity index (χ0n) is 14.0. The molecule has 2 heterocycles. The molecule has 126 valence electrons. The van der Waals surface area contributed by atoms with Gasteiger partial charge < -0.3 is 15.3 Å². The maximum absolute atomic E-state index is 12.3. The lowest BCUT2D eigenvalue weighted by atomic mass is 9.91. The van der Waals surface area contributed by atoms with E-state index in [-0.39, 0.29) is 23.9 Å². The van der Waals surface area contributed by atoms with Crippen molar-refractivity contribution >= 4 is 17.7 Å². The first-order chi connectivity index (χ1) is 10.7. The van der Waals surface area contributed by atoms with Crippen molar-refractivity contribution in [3.8, 4) is 0 Å². The van der Waals surface area contributed by atoms with Gasteiger partial charge in [0.25, 0.3) is 0 Å². The van der Waals surface area contributed by atoms with Crippen LogP contribution in [-0.4, -0.2) is 45.1 Å². The fraction of sp³-hybridized carbons (Fsp3) is 0.625. The van der Waals surface area contributed by atoms with Crippen LogP contribution in [-0.2, 0) is 10.2 Å². The molecule has 0 saturated carbocycles. The number of anilines is 1. The summed E-state index contributed by atoms with van der Waals surface area (Å²) in [4.78, 5) is 33.6. The average Bonchev–Trinajstić information content (AvgIpc) is 2.46. The molecule has 2 unspecified atom stereocenters. The lowest BCUT2D eigenvalue weighted by molar-refractivity contribution is -0.143. The molecule has 1 aliphatic rings. The van der Waals surface area contributed by atoms with Gasteiger partial charge in [-0.25, -0.2) is 14.8 Å². The molecule has 1 aliphatic heterocycles. The first-order valence-corrected chi connectivity index (χ1v) is 7.78. The first-order valence-electron chi connectivity index (χ1n) is 7.78. The summed E-state index contributed by atoms with van der Waals surface area (Å²) in [7, 11) is 0. The molecule has 1 fully saturated rings. The molecule has 2 amide bonds. The molecule has 1 aromatic heterocycles. The van der Waals surface area contributed by atoms with E-state index in [4.69, 9.17) is 0 Å². The second-order valence-electron chi connectivity index (χ2n) is 7.26. The van der Waals surface area contributed by atoms with Gasteiger partial charge in [-0.1, -0.05) is 27.7 Å². The number of carbonyl (C=O) groups is 2. The Bertz CT molecular complexity index is 580. The topological polar surface area (TPSA) is 95.4 Å². The number of hydrogen-bond acceptors (Lipinski definition) is 4. The molecule has 0 bridgehead atoms. The van der Waals surface area contributed by atoms with E-state index in [0.29, 0.717) is 24.5 Å². The lowest BCUT2D eigenvalue weighted by Gasteiger charge is -2.34. The number of aliphatic carboxylic acids is 1. The third kappa shape index (κ3) is 4.40. The number of aromatic nitrogens is 2. The van der Waals surface area contributed by atoms with Crippen molar-refractivity contribution in [1.29, 1.82) is 0 Å². The van der Waals surface area contributed by atoms with Crippen molar-refractivity contribution in [1.82, 2.24) is 14.9 Å². The summed E-state index contributed by atoms with van der Waals surface area (Å²) in [5.41, 5.74) is 0.354. The van der Waals surface area contributed by atoms with E-state index in [9.17, 15) is 14.7 Å². The molecule has 0 aromatic carbocycles. The van der Waals surface area contributed by atoms with Gasteiger partial charge in [0, 0.05) is 18.5 Å². The van der Waals surface area contributed by atoms with Crippen LogP contribution in [0.3, 0.4) is 0 Å². The Balaban J connectivity index is 2.02. The highest BCUT2D eigenvalue weighted by molar-refractivity contribution is 5.89. The van der Waals surface area contributed by atoms with Crippen LogP contribution in [0.15, 0.2) is 12.4 Å². The normalized spacial score (nSPS) is 21.8. The molecule has 0 radical (unpaired) electrons. The van der Waals surface area contributed by atoms with Crippen LogP contribution in [0.4, 0.5) is 10.5 Å². The Morgan fingerprint density at radius 2 is 1.87 bits per heavy atom. The molecule has 1 aromatic rings. The molecule has 1 saturated heterocycles. The van der Waals surface area contributed by atoms with E-state index in [1.807, 2.05) is 27.7 Å². The van der Waals surface area contributed by atoms with Crippen molar-refractivity contribution in [3.63, 3.8) is 0 Å². The molecule has 7 heteroatoms. The van der Waals surface area contributed by atoms with Crippen molar-refractivity contribution in [2.45, 2.75) is 39.5 Å². The van der Waals surface area contributed by atoms with Gasteiger partial charge in [-0.05, 0) is 12.3 Å². The van der Waals surface area contributed by atoms with Gasteiger partial charge >= 0.3 is 12.0 Å². The van der Waals surface area contributed by atoms with Crippen LogP contribution >= 0.6 is 0 Å². The molecule has 7 nitrogen and oxygen atoms in total. The third-order valence-corrected chi connectivity index (χ3v) is 3.87. The fourth-order valence-electron chi connectivity index (χ4n) is 2.68.